The Labute approximate surface area is 157 Å². The molecule has 2 aliphatic rings. The van der Waals surface area contributed by atoms with Crippen LogP contribution in [0.15, 0.2) is 36.5 Å². The van der Waals surface area contributed by atoms with Crippen molar-refractivity contribution in [1.29, 1.82) is 0 Å². The number of anilines is 1. The van der Waals surface area contributed by atoms with Gasteiger partial charge in [0.1, 0.15) is 12.1 Å². The monoisotopic (exact) mass is 366 g/mol. The molecule has 2 aromatic rings. The van der Waals surface area contributed by atoms with Gasteiger partial charge in [0.2, 0.25) is 5.91 Å². The maximum atomic E-state index is 13.0. The molecule has 1 saturated heterocycles. The Morgan fingerprint density at radius 2 is 2.15 bits per heavy atom. The van der Waals surface area contributed by atoms with Gasteiger partial charge in [0.05, 0.1) is 11.2 Å². The largest absolute Gasteiger partial charge is 0.325 e. The van der Waals surface area contributed by atoms with Gasteiger partial charge in [-0.15, -0.1) is 0 Å². The average molecular weight is 366 g/mol. The van der Waals surface area contributed by atoms with Crippen molar-refractivity contribution >= 4 is 34.4 Å². The summed E-state index contributed by atoms with van der Waals surface area (Å²) >= 11 is 0. The minimum Gasteiger partial charge on any atom is -0.324 e. The molecule has 2 heterocycles. The number of nitrogens with zero attached hydrogens (tertiary/aromatic N) is 2. The molecule has 140 valence electrons. The number of benzene rings is 1. The van der Waals surface area contributed by atoms with Gasteiger partial charge in [-0.2, -0.15) is 0 Å². The molecule has 1 aromatic carbocycles. The van der Waals surface area contributed by atoms with Crippen molar-refractivity contribution < 1.29 is 14.4 Å². The van der Waals surface area contributed by atoms with E-state index in [1.54, 1.807) is 24.4 Å². The molecule has 2 N–H and O–H groups in total. The first kappa shape index (κ1) is 17.5. The van der Waals surface area contributed by atoms with Crippen molar-refractivity contribution in [3.63, 3.8) is 0 Å². The van der Waals surface area contributed by atoms with Crippen LogP contribution < -0.4 is 10.6 Å². The van der Waals surface area contributed by atoms with Gasteiger partial charge in [0, 0.05) is 11.6 Å². The maximum absolute atomic E-state index is 13.0. The lowest BCUT2D eigenvalue weighted by molar-refractivity contribution is -0.136. The van der Waals surface area contributed by atoms with Gasteiger partial charge in [-0.3, -0.25) is 19.5 Å². The SMILES string of the molecule is C[C@H]1CCCC[C@@]12NC(=O)N(CC(=O)Nc1cccc3ncccc13)C2=O. The van der Waals surface area contributed by atoms with Crippen LogP contribution >= 0.6 is 0 Å². The fourth-order valence-electron chi connectivity index (χ4n) is 4.18. The van der Waals surface area contributed by atoms with E-state index >= 15 is 0 Å². The molecule has 1 spiro atoms. The number of carbonyl (C=O) groups excluding carboxylic acids is 3. The molecule has 7 heteroatoms. The lowest BCUT2D eigenvalue weighted by Crippen LogP contribution is -2.54. The first-order valence-corrected chi connectivity index (χ1v) is 9.29. The summed E-state index contributed by atoms with van der Waals surface area (Å²) in [5, 5.41) is 6.48. The van der Waals surface area contributed by atoms with Gasteiger partial charge < -0.3 is 10.6 Å². The second-order valence-corrected chi connectivity index (χ2v) is 7.36. The number of urea groups is 1. The quantitative estimate of drug-likeness (QED) is 0.817. The first-order valence-electron chi connectivity index (χ1n) is 9.29. The van der Waals surface area contributed by atoms with Crippen LogP contribution in [-0.2, 0) is 9.59 Å². The molecule has 7 nitrogen and oxygen atoms in total. The first-order chi connectivity index (χ1) is 13.0. The minimum absolute atomic E-state index is 0.0694. The molecule has 0 unspecified atom stereocenters. The zero-order valence-electron chi connectivity index (χ0n) is 15.2. The Morgan fingerprint density at radius 3 is 2.96 bits per heavy atom. The average Bonchev–Trinajstić information content (AvgIpc) is 2.89. The summed E-state index contributed by atoms with van der Waals surface area (Å²) in [6.45, 7) is 1.69. The third kappa shape index (κ3) is 2.93. The van der Waals surface area contributed by atoms with Crippen LogP contribution in [0.1, 0.15) is 32.6 Å². The normalized spacial score (nSPS) is 25.1. The van der Waals surface area contributed by atoms with E-state index in [0.29, 0.717) is 12.1 Å². The highest BCUT2D eigenvalue weighted by atomic mass is 16.2. The zero-order valence-corrected chi connectivity index (χ0v) is 15.2. The molecule has 1 saturated carbocycles. The Kier molecular flexibility index (Phi) is 4.30. The number of pyridine rings is 1. The molecule has 2 atom stereocenters. The lowest BCUT2D eigenvalue weighted by atomic mass is 9.73. The van der Waals surface area contributed by atoms with Crippen molar-refractivity contribution in [2.24, 2.45) is 5.92 Å². The maximum Gasteiger partial charge on any atom is 0.325 e. The van der Waals surface area contributed by atoms with Gasteiger partial charge in [-0.1, -0.05) is 25.8 Å². The molecule has 4 rings (SSSR count). The van der Waals surface area contributed by atoms with Crippen molar-refractivity contribution in [2.75, 3.05) is 11.9 Å². The Balaban J connectivity index is 1.51. The molecule has 4 amide bonds. The van der Waals surface area contributed by atoms with Gasteiger partial charge in [0.25, 0.3) is 5.91 Å². The molecule has 1 aliphatic carbocycles. The predicted octanol–water partition coefficient (Wildman–Crippen LogP) is 2.67. The molecular formula is C20H22N4O3. The standard InChI is InChI=1S/C20H22N4O3/c1-13-6-2-3-10-20(13)18(26)24(19(27)23-20)12-17(25)22-16-9-4-8-15-14(16)7-5-11-21-15/h4-5,7-9,11,13H,2-3,6,10,12H2,1H3,(H,22,25)(H,23,27)/t13-,20+/m0/s1. The topological polar surface area (TPSA) is 91.4 Å². The highest BCUT2D eigenvalue weighted by Gasteiger charge is 2.55. The summed E-state index contributed by atoms with van der Waals surface area (Å²) in [7, 11) is 0. The van der Waals surface area contributed by atoms with Crippen molar-refractivity contribution in [1.82, 2.24) is 15.2 Å². The van der Waals surface area contributed by atoms with E-state index in [1.807, 2.05) is 19.1 Å². The number of rotatable bonds is 3. The number of hydrogen-bond donors (Lipinski definition) is 2. The van der Waals surface area contributed by atoms with E-state index < -0.39 is 17.5 Å². The van der Waals surface area contributed by atoms with E-state index in [0.717, 1.165) is 35.1 Å². The third-order valence-corrected chi connectivity index (χ3v) is 5.72. The molecule has 0 radical (unpaired) electrons. The molecule has 1 aliphatic heterocycles. The lowest BCUT2D eigenvalue weighted by Gasteiger charge is -2.36. The summed E-state index contributed by atoms with van der Waals surface area (Å²) in [5.74, 6) is -0.621. The molecular weight excluding hydrogens is 344 g/mol. The van der Waals surface area contributed by atoms with Gasteiger partial charge >= 0.3 is 6.03 Å². The molecule has 0 bridgehead atoms. The number of aromatic nitrogens is 1. The van der Waals surface area contributed by atoms with E-state index in [1.165, 1.54) is 0 Å². The summed E-state index contributed by atoms with van der Waals surface area (Å²) in [5.41, 5.74) is 0.526. The van der Waals surface area contributed by atoms with Crippen LogP contribution in [0.25, 0.3) is 10.9 Å². The van der Waals surface area contributed by atoms with Crippen LogP contribution in [0, 0.1) is 5.92 Å². The van der Waals surface area contributed by atoms with Gasteiger partial charge in [-0.25, -0.2) is 4.79 Å². The molecule has 1 aromatic heterocycles. The smallest absolute Gasteiger partial charge is 0.324 e. The van der Waals surface area contributed by atoms with Crippen LogP contribution in [0.4, 0.5) is 10.5 Å². The van der Waals surface area contributed by atoms with Crippen LogP contribution in [0.2, 0.25) is 0 Å². The van der Waals surface area contributed by atoms with Gasteiger partial charge in [0.15, 0.2) is 0 Å². The highest BCUT2D eigenvalue weighted by molar-refractivity contribution is 6.11. The zero-order chi connectivity index (χ0) is 19.0. The number of amides is 4. The Morgan fingerprint density at radius 1 is 1.30 bits per heavy atom. The second-order valence-electron chi connectivity index (χ2n) is 7.36. The summed E-state index contributed by atoms with van der Waals surface area (Å²) in [6, 6.07) is 8.61. The Bertz CT molecular complexity index is 923. The van der Waals surface area contributed by atoms with Crippen LogP contribution in [0.3, 0.4) is 0 Å². The van der Waals surface area contributed by atoms with Crippen LogP contribution in [0.5, 0.6) is 0 Å². The summed E-state index contributed by atoms with van der Waals surface area (Å²) in [6.07, 6.45) is 5.17. The van der Waals surface area contributed by atoms with Crippen LogP contribution in [-0.4, -0.2) is 39.8 Å². The number of fused-ring (bicyclic) bond motifs is 1. The van der Waals surface area contributed by atoms with E-state index in [9.17, 15) is 14.4 Å². The molecule has 2 fully saturated rings. The highest BCUT2D eigenvalue weighted by Crippen LogP contribution is 2.38. The van der Waals surface area contributed by atoms with Crippen molar-refractivity contribution in [3.05, 3.63) is 36.5 Å². The Hall–Kier alpha value is -2.96. The van der Waals surface area contributed by atoms with Crippen molar-refractivity contribution in [3.8, 4) is 0 Å². The molecule has 27 heavy (non-hydrogen) atoms. The number of carbonyl (C=O) groups is 3. The fraction of sp³-hybridized carbons (Fsp3) is 0.400. The predicted molar refractivity (Wildman–Crippen MR) is 101 cm³/mol. The van der Waals surface area contributed by atoms with Crippen molar-refractivity contribution in [2.45, 2.75) is 38.1 Å². The number of nitrogens with one attached hydrogen (secondary N) is 2. The van der Waals surface area contributed by atoms with E-state index in [2.05, 4.69) is 15.6 Å². The van der Waals surface area contributed by atoms with Gasteiger partial charge in [-0.05, 0) is 43.0 Å². The minimum atomic E-state index is -0.848. The summed E-state index contributed by atoms with van der Waals surface area (Å²) in [4.78, 5) is 43.2. The van der Waals surface area contributed by atoms with E-state index in [4.69, 9.17) is 0 Å². The summed E-state index contributed by atoms with van der Waals surface area (Å²) < 4.78 is 0. The fourth-order valence-corrected chi connectivity index (χ4v) is 4.18. The second kappa shape index (κ2) is 6.64. The number of imide groups is 1. The van der Waals surface area contributed by atoms with E-state index in [-0.39, 0.29) is 18.4 Å². The third-order valence-electron chi connectivity index (χ3n) is 5.72. The number of hydrogen-bond acceptors (Lipinski definition) is 4.